The highest BCUT2D eigenvalue weighted by Gasteiger charge is 2.17. The zero-order valence-electron chi connectivity index (χ0n) is 15.7. The minimum atomic E-state index is -0.149. The number of nitrogens with zero attached hydrogens (tertiary/aromatic N) is 3. The van der Waals surface area contributed by atoms with Gasteiger partial charge in [-0.1, -0.05) is 41.9 Å². The molecule has 0 bridgehead atoms. The van der Waals surface area contributed by atoms with E-state index in [1.807, 2.05) is 37.3 Å². The van der Waals surface area contributed by atoms with Crippen LogP contribution < -0.4 is 10.1 Å². The van der Waals surface area contributed by atoms with Crippen LogP contribution in [0.5, 0.6) is 5.75 Å². The Balaban J connectivity index is 1.76. The second-order valence-electron chi connectivity index (χ2n) is 6.04. The lowest BCUT2D eigenvalue weighted by Crippen LogP contribution is -2.31. The highest BCUT2D eigenvalue weighted by atomic mass is 35.5. The Morgan fingerprint density at radius 1 is 1.18 bits per heavy atom. The van der Waals surface area contributed by atoms with Gasteiger partial charge < -0.3 is 15.0 Å². The number of hydrogen-bond acceptors (Lipinski definition) is 5. The van der Waals surface area contributed by atoms with Crippen molar-refractivity contribution in [3.8, 4) is 5.75 Å². The fourth-order valence-corrected chi connectivity index (χ4v) is 2.96. The molecular formula is C21H21ClN4O2. The Kier molecular flexibility index (Phi) is 6.45. The van der Waals surface area contributed by atoms with Crippen molar-refractivity contribution < 1.29 is 9.53 Å². The van der Waals surface area contributed by atoms with Crippen LogP contribution in [-0.2, 0) is 6.54 Å². The van der Waals surface area contributed by atoms with E-state index in [0.29, 0.717) is 41.2 Å². The lowest BCUT2D eigenvalue weighted by molar-refractivity contribution is 0.0746. The van der Waals surface area contributed by atoms with Gasteiger partial charge in [0.2, 0.25) is 5.95 Å². The average Bonchev–Trinajstić information content (AvgIpc) is 2.72. The van der Waals surface area contributed by atoms with Gasteiger partial charge >= 0.3 is 0 Å². The van der Waals surface area contributed by atoms with Crippen LogP contribution >= 0.6 is 11.6 Å². The lowest BCUT2D eigenvalue weighted by atomic mass is 10.2. The third-order valence-electron chi connectivity index (χ3n) is 4.17. The lowest BCUT2D eigenvalue weighted by Gasteiger charge is -2.20. The third kappa shape index (κ3) is 4.78. The molecule has 2 aromatic carbocycles. The van der Waals surface area contributed by atoms with Crippen molar-refractivity contribution in [3.63, 3.8) is 0 Å². The molecule has 0 atom stereocenters. The minimum Gasteiger partial charge on any atom is -0.495 e. The van der Waals surface area contributed by atoms with Crippen LogP contribution in [0.1, 0.15) is 23.0 Å². The Morgan fingerprint density at radius 2 is 1.96 bits per heavy atom. The zero-order valence-corrected chi connectivity index (χ0v) is 16.5. The molecule has 0 spiro atoms. The van der Waals surface area contributed by atoms with Crippen molar-refractivity contribution in [2.75, 3.05) is 19.0 Å². The first kappa shape index (κ1) is 19.6. The van der Waals surface area contributed by atoms with E-state index in [4.69, 9.17) is 16.3 Å². The van der Waals surface area contributed by atoms with Crippen molar-refractivity contribution >= 4 is 29.1 Å². The number of hydrogen-bond donors (Lipinski definition) is 1. The number of benzene rings is 2. The summed E-state index contributed by atoms with van der Waals surface area (Å²) in [6.07, 6.45) is 1.56. The smallest absolute Gasteiger partial charge is 0.272 e. The number of anilines is 2. The quantitative estimate of drug-likeness (QED) is 0.634. The number of carbonyl (C=O) groups excluding carboxylic acids is 1. The van der Waals surface area contributed by atoms with Gasteiger partial charge in [-0.2, -0.15) is 0 Å². The summed E-state index contributed by atoms with van der Waals surface area (Å²) in [6.45, 7) is 3.05. The summed E-state index contributed by atoms with van der Waals surface area (Å²) in [5.41, 5.74) is 2.10. The van der Waals surface area contributed by atoms with Crippen molar-refractivity contribution in [1.29, 1.82) is 0 Å². The summed E-state index contributed by atoms with van der Waals surface area (Å²) >= 11 is 6.15. The minimum absolute atomic E-state index is 0.149. The molecule has 3 rings (SSSR count). The number of halogens is 1. The highest BCUT2D eigenvalue weighted by Crippen LogP contribution is 2.28. The van der Waals surface area contributed by atoms with Gasteiger partial charge in [0, 0.05) is 25.0 Å². The number of nitrogens with one attached hydrogen (secondary N) is 1. The molecule has 0 radical (unpaired) electrons. The molecule has 0 unspecified atom stereocenters. The maximum Gasteiger partial charge on any atom is 0.272 e. The molecule has 1 aromatic heterocycles. The van der Waals surface area contributed by atoms with Gasteiger partial charge in [-0.25, -0.2) is 9.97 Å². The van der Waals surface area contributed by atoms with Gasteiger partial charge in [-0.05, 0) is 36.8 Å². The Labute approximate surface area is 169 Å². The Hall–Kier alpha value is -3.12. The maximum absolute atomic E-state index is 12.9. The topological polar surface area (TPSA) is 67.4 Å². The SMILES string of the molecule is CCN(Cc1ccccc1)C(=O)c1ccnc(Nc2ccc(OC)c(Cl)c2)n1. The monoisotopic (exact) mass is 396 g/mol. The molecule has 0 aliphatic rings. The fourth-order valence-electron chi connectivity index (χ4n) is 2.70. The molecule has 0 saturated heterocycles. The predicted molar refractivity (Wildman–Crippen MR) is 110 cm³/mol. The van der Waals surface area contributed by atoms with Crippen molar-refractivity contribution in [1.82, 2.24) is 14.9 Å². The standard InChI is InChI=1S/C21H21ClN4O2/c1-3-26(14-15-7-5-4-6-8-15)20(27)18-11-12-23-21(25-18)24-16-9-10-19(28-2)17(22)13-16/h4-13H,3,14H2,1-2H3,(H,23,24,25). The van der Waals surface area contributed by atoms with E-state index in [9.17, 15) is 4.79 Å². The number of rotatable bonds is 7. The molecule has 3 aromatic rings. The summed E-state index contributed by atoms with van der Waals surface area (Å²) in [5.74, 6) is 0.754. The zero-order chi connectivity index (χ0) is 19.9. The van der Waals surface area contributed by atoms with Gasteiger partial charge in [0.15, 0.2) is 0 Å². The van der Waals surface area contributed by atoms with Gasteiger partial charge in [-0.15, -0.1) is 0 Å². The number of ether oxygens (including phenoxy) is 1. The molecule has 0 fully saturated rings. The van der Waals surface area contributed by atoms with Crippen LogP contribution in [-0.4, -0.2) is 34.4 Å². The molecule has 7 heteroatoms. The molecule has 0 aliphatic heterocycles. The van der Waals surface area contributed by atoms with Gasteiger partial charge in [-0.3, -0.25) is 4.79 Å². The van der Waals surface area contributed by atoms with Gasteiger partial charge in [0.05, 0.1) is 12.1 Å². The molecule has 1 N–H and O–H groups in total. The normalized spacial score (nSPS) is 10.4. The summed E-state index contributed by atoms with van der Waals surface area (Å²) < 4.78 is 5.15. The second-order valence-corrected chi connectivity index (χ2v) is 6.45. The van der Waals surface area contributed by atoms with Crippen LogP contribution in [0.25, 0.3) is 0 Å². The van der Waals surface area contributed by atoms with Crippen molar-refractivity contribution in [3.05, 3.63) is 77.1 Å². The number of methoxy groups -OCH3 is 1. The first-order valence-corrected chi connectivity index (χ1v) is 9.25. The molecule has 1 amide bonds. The molecule has 28 heavy (non-hydrogen) atoms. The summed E-state index contributed by atoms with van der Waals surface area (Å²) in [7, 11) is 1.56. The number of aromatic nitrogens is 2. The van der Waals surface area contributed by atoms with E-state index >= 15 is 0 Å². The van der Waals surface area contributed by atoms with E-state index in [-0.39, 0.29) is 5.91 Å². The Bertz CT molecular complexity index is 950. The molecule has 6 nitrogen and oxygen atoms in total. The second kappa shape index (κ2) is 9.19. The molecule has 0 aliphatic carbocycles. The summed E-state index contributed by atoms with van der Waals surface area (Å²) in [5, 5.41) is 3.54. The van der Waals surface area contributed by atoms with E-state index < -0.39 is 0 Å². The van der Waals surface area contributed by atoms with Crippen LogP contribution in [0.4, 0.5) is 11.6 Å². The first-order valence-electron chi connectivity index (χ1n) is 8.87. The average molecular weight is 397 g/mol. The molecule has 1 heterocycles. The summed E-state index contributed by atoms with van der Waals surface area (Å²) in [6, 6.07) is 16.7. The number of carbonyl (C=O) groups is 1. The molecule has 0 saturated carbocycles. The van der Waals surface area contributed by atoms with E-state index in [2.05, 4.69) is 15.3 Å². The number of amides is 1. The highest BCUT2D eigenvalue weighted by molar-refractivity contribution is 6.32. The van der Waals surface area contributed by atoms with E-state index in [1.165, 1.54) is 0 Å². The van der Waals surface area contributed by atoms with E-state index in [1.54, 1.807) is 42.5 Å². The first-order chi connectivity index (χ1) is 13.6. The van der Waals surface area contributed by atoms with Crippen molar-refractivity contribution in [2.24, 2.45) is 0 Å². The van der Waals surface area contributed by atoms with Crippen LogP contribution in [0.3, 0.4) is 0 Å². The van der Waals surface area contributed by atoms with Crippen molar-refractivity contribution in [2.45, 2.75) is 13.5 Å². The van der Waals surface area contributed by atoms with Gasteiger partial charge in [0.25, 0.3) is 5.91 Å². The molecular weight excluding hydrogens is 376 g/mol. The maximum atomic E-state index is 12.9. The van der Waals surface area contributed by atoms with Crippen LogP contribution in [0.15, 0.2) is 60.8 Å². The predicted octanol–water partition coefficient (Wildman–Crippen LogP) is 4.54. The van der Waals surface area contributed by atoms with Crippen LogP contribution in [0, 0.1) is 0 Å². The van der Waals surface area contributed by atoms with Crippen LogP contribution in [0.2, 0.25) is 5.02 Å². The third-order valence-corrected chi connectivity index (χ3v) is 4.46. The fraction of sp³-hybridized carbons (Fsp3) is 0.190. The largest absolute Gasteiger partial charge is 0.495 e. The molecule has 144 valence electrons. The summed E-state index contributed by atoms with van der Waals surface area (Å²) in [4.78, 5) is 23.2. The van der Waals surface area contributed by atoms with Gasteiger partial charge in [0.1, 0.15) is 11.4 Å². The Morgan fingerprint density at radius 3 is 2.64 bits per heavy atom. The van der Waals surface area contributed by atoms with E-state index in [0.717, 1.165) is 5.56 Å².